The van der Waals surface area contributed by atoms with Gasteiger partial charge in [-0.15, -0.1) is 0 Å². The molecule has 2 N–H and O–H groups in total. The van der Waals surface area contributed by atoms with Gasteiger partial charge in [-0.25, -0.2) is 4.98 Å². The van der Waals surface area contributed by atoms with Crippen LogP contribution >= 0.6 is 15.9 Å². The number of hydrogen-bond donors (Lipinski definition) is 2. The molecule has 2 heterocycles. The van der Waals surface area contributed by atoms with Crippen molar-refractivity contribution in [3.63, 3.8) is 0 Å². The average Bonchev–Trinajstić information content (AvgIpc) is 2.74. The minimum Gasteiger partial charge on any atom is -0.344 e. The molecule has 2 aromatic rings. The van der Waals surface area contributed by atoms with Gasteiger partial charge in [-0.2, -0.15) is 0 Å². The molecule has 3 rings (SSSR count). The Hall–Kier alpha value is -1.13. The Morgan fingerprint density at radius 3 is 2.82 bits per heavy atom. The van der Waals surface area contributed by atoms with Crippen LogP contribution in [-0.4, -0.2) is 16.5 Å². The molecule has 1 aromatic heterocycles. The lowest BCUT2D eigenvalue weighted by atomic mass is 10.1. The molecule has 0 saturated carbocycles. The molecule has 0 atom stereocenters. The minimum absolute atomic E-state index is 0.875. The van der Waals surface area contributed by atoms with E-state index in [-0.39, 0.29) is 0 Å². The van der Waals surface area contributed by atoms with E-state index >= 15 is 0 Å². The Kier molecular flexibility index (Phi) is 2.99. The van der Waals surface area contributed by atoms with Gasteiger partial charge in [-0.05, 0) is 17.7 Å². The van der Waals surface area contributed by atoms with E-state index in [2.05, 4.69) is 55.5 Å². The lowest BCUT2D eigenvalue weighted by Gasteiger charge is -2.09. The second-order valence-corrected chi connectivity index (χ2v) is 5.25. The number of nitrogens with zero attached hydrogens (tertiary/aromatic N) is 1. The van der Waals surface area contributed by atoms with Crippen LogP contribution in [0.3, 0.4) is 0 Å². The van der Waals surface area contributed by atoms with E-state index in [0.717, 1.165) is 36.2 Å². The highest BCUT2D eigenvalue weighted by molar-refractivity contribution is 9.10. The second-order valence-electron chi connectivity index (χ2n) is 4.34. The summed E-state index contributed by atoms with van der Waals surface area (Å²) in [5.74, 6) is 1.07. The first-order valence-electron chi connectivity index (χ1n) is 5.83. The van der Waals surface area contributed by atoms with Crippen molar-refractivity contribution in [1.82, 2.24) is 15.3 Å². The molecule has 0 fully saturated rings. The standard InChI is InChI=1S/C13H14BrN3/c14-10-3-1-9(2-4-10)7-13-16-11-5-6-15-8-12(11)17-13/h1-4,15H,5-8H2,(H,16,17). The number of nitrogens with one attached hydrogen (secondary N) is 2. The van der Waals surface area contributed by atoms with Crippen LogP contribution in [0.4, 0.5) is 0 Å². The van der Waals surface area contributed by atoms with E-state index in [9.17, 15) is 0 Å². The van der Waals surface area contributed by atoms with Gasteiger partial charge in [0.05, 0.1) is 11.4 Å². The molecule has 17 heavy (non-hydrogen) atoms. The first-order chi connectivity index (χ1) is 8.31. The van der Waals surface area contributed by atoms with Crippen molar-refractivity contribution in [3.8, 4) is 0 Å². The number of hydrogen-bond acceptors (Lipinski definition) is 2. The van der Waals surface area contributed by atoms with Gasteiger partial charge in [-0.3, -0.25) is 0 Å². The van der Waals surface area contributed by atoms with Crippen molar-refractivity contribution in [2.45, 2.75) is 19.4 Å². The fourth-order valence-corrected chi connectivity index (χ4v) is 2.42. The number of rotatable bonds is 2. The second kappa shape index (κ2) is 4.63. The van der Waals surface area contributed by atoms with Gasteiger partial charge in [0, 0.05) is 30.4 Å². The first kappa shape index (κ1) is 11.0. The third-order valence-electron chi connectivity index (χ3n) is 3.04. The van der Waals surface area contributed by atoms with Crippen molar-refractivity contribution in [3.05, 3.63) is 51.5 Å². The van der Waals surface area contributed by atoms with Gasteiger partial charge >= 0.3 is 0 Å². The largest absolute Gasteiger partial charge is 0.344 e. The predicted molar refractivity (Wildman–Crippen MR) is 70.9 cm³/mol. The highest BCUT2D eigenvalue weighted by Gasteiger charge is 2.13. The maximum atomic E-state index is 4.66. The van der Waals surface area contributed by atoms with Crippen LogP contribution in [0.15, 0.2) is 28.7 Å². The van der Waals surface area contributed by atoms with E-state index < -0.39 is 0 Å². The zero-order valence-electron chi connectivity index (χ0n) is 9.46. The Bertz CT molecular complexity index is 492. The fraction of sp³-hybridized carbons (Fsp3) is 0.308. The maximum absolute atomic E-state index is 4.66. The maximum Gasteiger partial charge on any atom is 0.111 e. The van der Waals surface area contributed by atoms with Gasteiger partial charge in [0.25, 0.3) is 0 Å². The van der Waals surface area contributed by atoms with Crippen LogP contribution in [0.5, 0.6) is 0 Å². The lowest BCUT2D eigenvalue weighted by Crippen LogP contribution is -2.23. The summed E-state index contributed by atoms with van der Waals surface area (Å²) in [7, 11) is 0. The Morgan fingerprint density at radius 2 is 2.06 bits per heavy atom. The molecule has 1 aromatic carbocycles. The number of aromatic amines is 1. The molecule has 1 aliphatic heterocycles. The molecule has 0 bridgehead atoms. The fourth-order valence-electron chi connectivity index (χ4n) is 2.16. The quantitative estimate of drug-likeness (QED) is 0.892. The lowest BCUT2D eigenvalue weighted by molar-refractivity contribution is 0.627. The van der Waals surface area contributed by atoms with Crippen LogP contribution in [0.2, 0.25) is 0 Å². The Balaban J connectivity index is 1.80. The molecule has 0 saturated heterocycles. The third-order valence-corrected chi connectivity index (χ3v) is 3.57. The van der Waals surface area contributed by atoms with Crippen molar-refractivity contribution >= 4 is 15.9 Å². The molecular weight excluding hydrogens is 278 g/mol. The van der Waals surface area contributed by atoms with Crippen molar-refractivity contribution in [2.75, 3.05) is 6.54 Å². The van der Waals surface area contributed by atoms with Crippen LogP contribution in [0, 0.1) is 0 Å². The number of fused-ring (bicyclic) bond motifs is 1. The Labute approximate surface area is 109 Å². The molecule has 1 aliphatic rings. The number of imidazole rings is 1. The van der Waals surface area contributed by atoms with E-state index in [1.807, 2.05) is 0 Å². The molecule has 0 radical (unpaired) electrons. The summed E-state index contributed by atoms with van der Waals surface area (Å²) in [4.78, 5) is 8.07. The van der Waals surface area contributed by atoms with Gasteiger partial charge in [0.15, 0.2) is 0 Å². The summed E-state index contributed by atoms with van der Waals surface area (Å²) < 4.78 is 1.11. The average molecular weight is 292 g/mol. The van der Waals surface area contributed by atoms with Crippen LogP contribution < -0.4 is 5.32 Å². The van der Waals surface area contributed by atoms with Crippen LogP contribution in [0.25, 0.3) is 0 Å². The van der Waals surface area contributed by atoms with Gasteiger partial charge in [-0.1, -0.05) is 28.1 Å². The molecule has 0 unspecified atom stereocenters. The van der Waals surface area contributed by atoms with E-state index in [4.69, 9.17) is 0 Å². The number of halogens is 1. The van der Waals surface area contributed by atoms with E-state index in [1.54, 1.807) is 0 Å². The number of H-pyrrole nitrogens is 1. The highest BCUT2D eigenvalue weighted by atomic mass is 79.9. The molecule has 0 spiro atoms. The third kappa shape index (κ3) is 2.42. The molecule has 0 aliphatic carbocycles. The SMILES string of the molecule is Brc1ccc(Cc2nc3c([nH]2)CNCC3)cc1. The normalized spacial score (nSPS) is 14.6. The summed E-state index contributed by atoms with van der Waals surface area (Å²) >= 11 is 3.45. The zero-order valence-corrected chi connectivity index (χ0v) is 11.0. The molecule has 4 heteroatoms. The van der Waals surface area contributed by atoms with E-state index in [1.165, 1.54) is 17.0 Å². The number of aromatic nitrogens is 2. The minimum atomic E-state index is 0.875. The zero-order chi connectivity index (χ0) is 11.7. The predicted octanol–water partition coefficient (Wildman–Crippen LogP) is 2.41. The summed E-state index contributed by atoms with van der Waals surface area (Å²) in [6.07, 6.45) is 1.91. The molecule has 0 amide bonds. The van der Waals surface area contributed by atoms with E-state index in [0.29, 0.717) is 0 Å². The smallest absolute Gasteiger partial charge is 0.111 e. The Morgan fingerprint density at radius 1 is 1.24 bits per heavy atom. The monoisotopic (exact) mass is 291 g/mol. The van der Waals surface area contributed by atoms with Gasteiger partial charge < -0.3 is 10.3 Å². The topological polar surface area (TPSA) is 40.7 Å². The highest BCUT2D eigenvalue weighted by Crippen LogP contribution is 2.15. The van der Waals surface area contributed by atoms with Crippen LogP contribution in [-0.2, 0) is 19.4 Å². The van der Waals surface area contributed by atoms with Gasteiger partial charge in [0.2, 0.25) is 0 Å². The number of benzene rings is 1. The van der Waals surface area contributed by atoms with Crippen molar-refractivity contribution in [1.29, 1.82) is 0 Å². The van der Waals surface area contributed by atoms with Gasteiger partial charge in [0.1, 0.15) is 5.82 Å². The summed E-state index contributed by atoms with van der Waals surface area (Å²) in [6, 6.07) is 8.40. The molecule has 3 nitrogen and oxygen atoms in total. The summed E-state index contributed by atoms with van der Waals surface area (Å²) in [6.45, 7) is 1.96. The summed E-state index contributed by atoms with van der Waals surface area (Å²) in [5, 5.41) is 3.35. The van der Waals surface area contributed by atoms with Crippen molar-refractivity contribution < 1.29 is 0 Å². The molecule has 88 valence electrons. The first-order valence-corrected chi connectivity index (χ1v) is 6.62. The van der Waals surface area contributed by atoms with Crippen molar-refractivity contribution in [2.24, 2.45) is 0 Å². The molecular formula is C13H14BrN3. The van der Waals surface area contributed by atoms with Crippen LogP contribution in [0.1, 0.15) is 22.8 Å². The summed E-state index contributed by atoms with van der Waals surface area (Å²) in [5.41, 5.74) is 3.77.